The third-order valence-corrected chi connectivity index (χ3v) is 2.88. The highest BCUT2D eigenvalue weighted by molar-refractivity contribution is 5.14. The van der Waals surface area contributed by atoms with Crippen LogP contribution in [0.4, 0.5) is 13.2 Å². The summed E-state index contributed by atoms with van der Waals surface area (Å²) >= 11 is 0. The second kappa shape index (κ2) is 4.89. The molecule has 16 heavy (non-hydrogen) atoms. The topological polar surface area (TPSA) is 0 Å². The van der Waals surface area contributed by atoms with Crippen molar-refractivity contribution in [1.29, 1.82) is 0 Å². The van der Waals surface area contributed by atoms with Crippen LogP contribution in [0.15, 0.2) is 30.3 Å². The molecule has 3 heteroatoms. The first kappa shape index (κ1) is 13.1. The summed E-state index contributed by atoms with van der Waals surface area (Å²) in [7, 11) is 0. The fourth-order valence-electron chi connectivity index (χ4n) is 1.52. The Morgan fingerprint density at radius 2 is 1.56 bits per heavy atom. The molecule has 0 saturated carbocycles. The van der Waals surface area contributed by atoms with Crippen molar-refractivity contribution in [3.8, 4) is 0 Å². The van der Waals surface area contributed by atoms with Gasteiger partial charge in [0.1, 0.15) is 0 Å². The first-order valence-electron chi connectivity index (χ1n) is 5.43. The van der Waals surface area contributed by atoms with Crippen molar-refractivity contribution in [3.63, 3.8) is 0 Å². The summed E-state index contributed by atoms with van der Waals surface area (Å²) in [4.78, 5) is 0. The predicted molar refractivity (Wildman–Crippen MR) is 59.2 cm³/mol. The average molecular weight is 230 g/mol. The zero-order chi connectivity index (χ0) is 12.2. The van der Waals surface area contributed by atoms with Crippen LogP contribution < -0.4 is 0 Å². The van der Waals surface area contributed by atoms with Crippen LogP contribution in [0.2, 0.25) is 0 Å². The van der Waals surface area contributed by atoms with Crippen LogP contribution in [0.1, 0.15) is 32.3 Å². The van der Waals surface area contributed by atoms with Crippen LogP contribution in [0, 0.1) is 5.41 Å². The number of aryl methyl sites for hydroxylation is 1. The van der Waals surface area contributed by atoms with Gasteiger partial charge >= 0.3 is 6.18 Å². The van der Waals surface area contributed by atoms with Crippen molar-refractivity contribution in [2.75, 3.05) is 0 Å². The summed E-state index contributed by atoms with van der Waals surface area (Å²) in [6.07, 6.45) is -2.66. The minimum absolute atomic E-state index is 0.172. The molecule has 1 rings (SSSR count). The maximum Gasteiger partial charge on any atom is 0.393 e. The molecule has 1 aromatic rings. The summed E-state index contributed by atoms with van der Waals surface area (Å²) in [5.41, 5.74) is -0.484. The van der Waals surface area contributed by atoms with Gasteiger partial charge in [-0.1, -0.05) is 44.2 Å². The van der Waals surface area contributed by atoms with E-state index in [9.17, 15) is 13.2 Å². The molecule has 0 fully saturated rings. The second-order valence-electron chi connectivity index (χ2n) is 4.72. The van der Waals surface area contributed by atoms with Crippen molar-refractivity contribution < 1.29 is 13.2 Å². The van der Waals surface area contributed by atoms with Gasteiger partial charge in [0, 0.05) is 0 Å². The third-order valence-electron chi connectivity index (χ3n) is 2.88. The summed E-state index contributed by atoms with van der Waals surface area (Å²) in [6.45, 7) is 2.52. The average Bonchev–Trinajstić information content (AvgIpc) is 2.17. The molecule has 0 spiro atoms. The molecule has 0 amide bonds. The molecule has 0 bridgehead atoms. The molecule has 0 aromatic heterocycles. The molecule has 0 heterocycles. The second-order valence-corrected chi connectivity index (χ2v) is 4.72. The zero-order valence-electron chi connectivity index (χ0n) is 9.64. The molecule has 0 N–H and O–H groups in total. The Labute approximate surface area is 94.5 Å². The number of alkyl halides is 3. The quantitative estimate of drug-likeness (QED) is 0.709. The maximum absolute atomic E-state index is 12.6. The highest BCUT2D eigenvalue weighted by Gasteiger charge is 2.46. The highest BCUT2D eigenvalue weighted by atomic mass is 19.4. The van der Waals surface area contributed by atoms with Gasteiger partial charge in [-0.15, -0.1) is 0 Å². The van der Waals surface area contributed by atoms with E-state index >= 15 is 0 Å². The van der Waals surface area contributed by atoms with Crippen molar-refractivity contribution in [1.82, 2.24) is 0 Å². The minimum Gasteiger partial charge on any atom is -0.171 e. The molecule has 0 aliphatic carbocycles. The Balaban J connectivity index is 2.42. The summed E-state index contributed by atoms with van der Waals surface area (Å²) in [5, 5.41) is 0. The Morgan fingerprint density at radius 1 is 1.00 bits per heavy atom. The van der Waals surface area contributed by atoms with Gasteiger partial charge in [-0.2, -0.15) is 13.2 Å². The fourth-order valence-corrected chi connectivity index (χ4v) is 1.52. The summed E-state index contributed by atoms with van der Waals surface area (Å²) in [6, 6.07) is 9.61. The standard InChI is InChI=1S/C13H17F3/c1-12(2,13(14,15)16)10-6-9-11-7-4-3-5-8-11/h3-5,7-8H,6,9-10H2,1-2H3. The van der Waals surface area contributed by atoms with Gasteiger partial charge in [0.25, 0.3) is 0 Å². The maximum atomic E-state index is 12.6. The Hall–Kier alpha value is -0.990. The van der Waals surface area contributed by atoms with Crippen LogP contribution in [0.25, 0.3) is 0 Å². The van der Waals surface area contributed by atoms with E-state index in [1.807, 2.05) is 30.3 Å². The number of hydrogen-bond acceptors (Lipinski definition) is 0. The SMILES string of the molecule is CC(C)(CCCc1ccccc1)C(F)(F)F. The van der Waals surface area contributed by atoms with E-state index in [2.05, 4.69) is 0 Å². The lowest BCUT2D eigenvalue weighted by Gasteiger charge is -2.27. The van der Waals surface area contributed by atoms with Gasteiger partial charge in [-0.3, -0.25) is 0 Å². The van der Waals surface area contributed by atoms with Crippen molar-refractivity contribution in [3.05, 3.63) is 35.9 Å². The number of rotatable bonds is 4. The van der Waals surface area contributed by atoms with Crippen LogP contribution in [-0.4, -0.2) is 6.18 Å². The predicted octanol–water partition coefficient (Wildman–Crippen LogP) is 4.60. The van der Waals surface area contributed by atoms with Gasteiger partial charge in [0.15, 0.2) is 0 Å². The zero-order valence-corrected chi connectivity index (χ0v) is 9.64. The van der Waals surface area contributed by atoms with Gasteiger partial charge in [-0.05, 0) is 24.8 Å². The van der Waals surface area contributed by atoms with Crippen LogP contribution in [-0.2, 0) is 6.42 Å². The van der Waals surface area contributed by atoms with E-state index in [4.69, 9.17) is 0 Å². The molecule has 0 atom stereocenters. The van der Waals surface area contributed by atoms with Gasteiger partial charge in [-0.25, -0.2) is 0 Å². The van der Waals surface area contributed by atoms with Gasteiger partial charge < -0.3 is 0 Å². The Kier molecular flexibility index (Phi) is 4.00. The Morgan fingerprint density at radius 3 is 2.06 bits per heavy atom. The lowest BCUT2D eigenvalue weighted by atomic mass is 9.86. The monoisotopic (exact) mass is 230 g/mol. The Bertz CT molecular complexity index is 312. The van der Waals surface area contributed by atoms with E-state index in [0.717, 1.165) is 5.56 Å². The third kappa shape index (κ3) is 3.54. The smallest absolute Gasteiger partial charge is 0.171 e. The molecule has 90 valence electrons. The minimum atomic E-state index is -4.11. The van der Waals surface area contributed by atoms with Crippen molar-refractivity contribution in [2.45, 2.75) is 39.3 Å². The van der Waals surface area contributed by atoms with E-state index in [1.165, 1.54) is 13.8 Å². The molecule has 0 radical (unpaired) electrons. The van der Waals surface area contributed by atoms with Gasteiger partial charge in [0.05, 0.1) is 5.41 Å². The number of hydrogen-bond donors (Lipinski definition) is 0. The normalized spacial score (nSPS) is 12.8. The highest BCUT2D eigenvalue weighted by Crippen LogP contribution is 2.41. The number of benzene rings is 1. The molecule has 1 aromatic carbocycles. The van der Waals surface area contributed by atoms with E-state index in [0.29, 0.717) is 12.8 Å². The van der Waals surface area contributed by atoms with E-state index < -0.39 is 11.6 Å². The fraction of sp³-hybridized carbons (Fsp3) is 0.538. The first-order chi connectivity index (χ1) is 7.33. The van der Waals surface area contributed by atoms with E-state index in [1.54, 1.807) is 0 Å². The molecule has 0 unspecified atom stereocenters. The number of halogens is 3. The largest absolute Gasteiger partial charge is 0.393 e. The van der Waals surface area contributed by atoms with Crippen LogP contribution in [0.3, 0.4) is 0 Å². The molecular formula is C13H17F3. The van der Waals surface area contributed by atoms with Crippen LogP contribution in [0.5, 0.6) is 0 Å². The van der Waals surface area contributed by atoms with Crippen molar-refractivity contribution in [2.24, 2.45) is 5.41 Å². The first-order valence-corrected chi connectivity index (χ1v) is 5.43. The lowest BCUT2D eigenvalue weighted by Crippen LogP contribution is -2.32. The lowest BCUT2D eigenvalue weighted by molar-refractivity contribution is -0.213. The van der Waals surface area contributed by atoms with Gasteiger partial charge in [0.2, 0.25) is 0 Å². The van der Waals surface area contributed by atoms with Crippen LogP contribution >= 0.6 is 0 Å². The summed E-state index contributed by atoms with van der Waals surface area (Å²) < 4.78 is 37.7. The van der Waals surface area contributed by atoms with E-state index in [-0.39, 0.29) is 6.42 Å². The molecule has 0 saturated heterocycles. The molecular weight excluding hydrogens is 213 g/mol. The molecule has 0 nitrogen and oxygen atoms in total. The van der Waals surface area contributed by atoms with Crippen molar-refractivity contribution >= 4 is 0 Å². The summed E-state index contributed by atoms with van der Waals surface area (Å²) in [5.74, 6) is 0. The molecule has 0 aliphatic heterocycles. The molecule has 0 aliphatic rings.